The zero-order chi connectivity index (χ0) is 14.6. The summed E-state index contributed by atoms with van der Waals surface area (Å²) >= 11 is 5.76. The molecule has 1 aliphatic carbocycles. The van der Waals surface area contributed by atoms with Crippen LogP contribution in [0, 0.1) is 11.6 Å². The van der Waals surface area contributed by atoms with Crippen molar-refractivity contribution in [1.82, 2.24) is 14.5 Å². The fourth-order valence-electron chi connectivity index (χ4n) is 2.61. The standard InChI is InChI=1S/C15H10ClF2N3/c16-15-19-6-12(18)14(20-15)11-7-21(9-2-3-9)13-4-1-8(17)5-10(11)13/h1,4-7,9H,2-3H2. The highest BCUT2D eigenvalue weighted by Gasteiger charge is 2.27. The van der Waals surface area contributed by atoms with Gasteiger partial charge in [-0.15, -0.1) is 0 Å². The molecule has 1 aromatic carbocycles. The third-order valence-corrected chi connectivity index (χ3v) is 3.89. The molecule has 6 heteroatoms. The summed E-state index contributed by atoms with van der Waals surface area (Å²) < 4.78 is 29.7. The lowest BCUT2D eigenvalue weighted by molar-refractivity contribution is 0.618. The van der Waals surface area contributed by atoms with Crippen LogP contribution in [0.1, 0.15) is 18.9 Å². The number of nitrogens with zero attached hydrogens (tertiary/aromatic N) is 3. The van der Waals surface area contributed by atoms with E-state index in [1.165, 1.54) is 12.1 Å². The molecule has 21 heavy (non-hydrogen) atoms. The molecule has 0 N–H and O–H groups in total. The van der Waals surface area contributed by atoms with Gasteiger partial charge in [0.2, 0.25) is 5.28 Å². The third-order valence-electron chi connectivity index (χ3n) is 3.71. The maximum atomic E-state index is 14.0. The number of aromatic nitrogens is 3. The summed E-state index contributed by atoms with van der Waals surface area (Å²) in [5.74, 6) is -0.934. The second-order valence-electron chi connectivity index (χ2n) is 5.18. The molecule has 3 aromatic rings. The highest BCUT2D eigenvalue weighted by atomic mass is 35.5. The molecule has 1 saturated carbocycles. The first-order valence-electron chi connectivity index (χ1n) is 6.62. The van der Waals surface area contributed by atoms with E-state index in [9.17, 15) is 8.78 Å². The van der Waals surface area contributed by atoms with Gasteiger partial charge < -0.3 is 4.57 Å². The summed E-state index contributed by atoms with van der Waals surface area (Å²) in [6.45, 7) is 0. The highest BCUT2D eigenvalue weighted by molar-refractivity contribution is 6.28. The minimum atomic E-state index is -0.571. The SMILES string of the molecule is Fc1ccc2c(c1)c(-c1nc(Cl)ncc1F)cn2C1CC1. The maximum absolute atomic E-state index is 14.0. The van der Waals surface area contributed by atoms with Crippen molar-refractivity contribution < 1.29 is 8.78 Å². The maximum Gasteiger partial charge on any atom is 0.223 e. The summed E-state index contributed by atoms with van der Waals surface area (Å²) in [6, 6.07) is 4.92. The van der Waals surface area contributed by atoms with Gasteiger partial charge in [-0.2, -0.15) is 0 Å². The van der Waals surface area contributed by atoms with Crippen LogP contribution in [0.3, 0.4) is 0 Å². The van der Waals surface area contributed by atoms with Crippen molar-refractivity contribution in [3.05, 3.63) is 47.5 Å². The normalized spacial score (nSPS) is 14.8. The number of hydrogen-bond acceptors (Lipinski definition) is 2. The number of fused-ring (bicyclic) bond motifs is 1. The Labute approximate surface area is 124 Å². The number of rotatable bonds is 2. The van der Waals surface area contributed by atoms with Gasteiger partial charge in [-0.25, -0.2) is 18.7 Å². The van der Waals surface area contributed by atoms with E-state index in [-0.39, 0.29) is 16.8 Å². The molecule has 3 nitrogen and oxygen atoms in total. The fourth-order valence-corrected chi connectivity index (χ4v) is 2.74. The fraction of sp³-hybridized carbons (Fsp3) is 0.200. The summed E-state index contributed by atoms with van der Waals surface area (Å²) in [5.41, 5.74) is 1.52. The minimum absolute atomic E-state index is 0.0323. The van der Waals surface area contributed by atoms with Crippen LogP contribution in [0.25, 0.3) is 22.2 Å². The Morgan fingerprint density at radius 1 is 1.24 bits per heavy atom. The first kappa shape index (κ1) is 12.7. The van der Waals surface area contributed by atoms with Crippen molar-refractivity contribution in [3.8, 4) is 11.3 Å². The molecule has 0 bridgehead atoms. The van der Waals surface area contributed by atoms with Crippen molar-refractivity contribution in [2.24, 2.45) is 0 Å². The second-order valence-corrected chi connectivity index (χ2v) is 5.52. The van der Waals surface area contributed by atoms with Crippen LogP contribution in [0.5, 0.6) is 0 Å². The molecule has 0 unspecified atom stereocenters. The van der Waals surface area contributed by atoms with E-state index in [0.717, 1.165) is 24.6 Å². The van der Waals surface area contributed by atoms with E-state index in [0.29, 0.717) is 17.0 Å². The van der Waals surface area contributed by atoms with Crippen LogP contribution < -0.4 is 0 Å². The van der Waals surface area contributed by atoms with Gasteiger partial charge in [-0.3, -0.25) is 0 Å². The summed E-state index contributed by atoms with van der Waals surface area (Å²) in [6.07, 6.45) is 5.01. The highest BCUT2D eigenvalue weighted by Crippen LogP contribution is 2.41. The molecule has 1 fully saturated rings. The lowest BCUT2D eigenvalue weighted by atomic mass is 10.1. The molecule has 1 aliphatic rings. The van der Waals surface area contributed by atoms with E-state index in [2.05, 4.69) is 14.5 Å². The molecule has 0 saturated heterocycles. The zero-order valence-electron chi connectivity index (χ0n) is 10.9. The average molecular weight is 306 g/mol. The minimum Gasteiger partial charge on any atom is -0.344 e. The van der Waals surface area contributed by atoms with Crippen molar-refractivity contribution in [1.29, 1.82) is 0 Å². The van der Waals surface area contributed by atoms with Gasteiger partial charge in [0.05, 0.1) is 6.20 Å². The Morgan fingerprint density at radius 2 is 2.05 bits per heavy atom. The van der Waals surface area contributed by atoms with E-state index >= 15 is 0 Å². The smallest absolute Gasteiger partial charge is 0.223 e. The molecule has 0 aliphatic heterocycles. The van der Waals surface area contributed by atoms with E-state index in [1.807, 2.05) is 6.20 Å². The van der Waals surface area contributed by atoms with Gasteiger partial charge >= 0.3 is 0 Å². The van der Waals surface area contributed by atoms with Crippen molar-refractivity contribution in [3.63, 3.8) is 0 Å². The van der Waals surface area contributed by atoms with Gasteiger partial charge in [0.15, 0.2) is 5.82 Å². The van der Waals surface area contributed by atoms with Crippen LogP contribution in [0.15, 0.2) is 30.6 Å². The van der Waals surface area contributed by atoms with Crippen LogP contribution in [-0.2, 0) is 0 Å². The second kappa shape index (κ2) is 4.49. The number of halogens is 3. The quantitative estimate of drug-likeness (QED) is 0.658. The van der Waals surface area contributed by atoms with Crippen LogP contribution in [-0.4, -0.2) is 14.5 Å². The van der Waals surface area contributed by atoms with Crippen molar-refractivity contribution in [2.45, 2.75) is 18.9 Å². The average Bonchev–Trinajstić information content (AvgIpc) is 3.24. The van der Waals surface area contributed by atoms with Crippen molar-refractivity contribution >= 4 is 22.5 Å². The molecule has 4 rings (SSSR count). The summed E-state index contributed by atoms with van der Waals surface area (Å²) in [4.78, 5) is 7.57. The predicted octanol–water partition coefficient (Wildman–Crippen LogP) is 4.36. The van der Waals surface area contributed by atoms with Gasteiger partial charge in [0.25, 0.3) is 0 Å². The Hall–Kier alpha value is -2.01. The molecule has 0 amide bonds. The molecular formula is C15H10ClF2N3. The monoisotopic (exact) mass is 305 g/mol. The molecule has 2 heterocycles. The predicted molar refractivity (Wildman–Crippen MR) is 76.2 cm³/mol. The van der Waals surface area contributed by atoms with E-state index < -0.39 is 5.82 Å². The summed E-state index contributed by atoms with van der Waals surface area (Å²) in [5, 5.41) is 0.602. The van der Waals surface area contributed by atoms with Crippen molar-refractivity contribution in [2.75, 3.05) is 0 Å². The van der Waals surface area contributed by atoms with Gasteiger partial charge in [-0.05, 0) is 42.6 Å². The Kier molecular flexibility index (Phi) is 2.72. The number of hydrogen-bond donors (Lipinski definition) is 0. The molecule has 2 aromatic heterocycles. The third kappa shape index (κ3) is 2.08. The molecule has 0 spiro atoms. The molecule has 0 radical (unpaired) electrons. The largest absolute Gasteiger partial charge is 0.344 e. The first-order valence-corrected chi connectivity index (χ1v) is 7.00. The summed E-state index contributed by atoms with van der Waals surface area (Å²) in [7, 11) is 0. The number of benzene rings is 1. The zero-order valence-corrected chi connectivity index (χ0v) is 11.6. The van der Waals surface area contributed by atoms with Crippen LogP contribution >= 0.6 is 11.6 Å². The Morgan fingerprint density at radius 3 is 2.81 bits per heavy atom. The van der Waals surface area contributed by atoms with Gasteiger partial charge in [-0.1, -0.05) is 0 Å². The molecular weight excluding hydrogens is 296 g/mol. The van der Waals surface area contributed by atoms with Crippen LogP contribution in [0.2, 0.25) is 5.28 Å². The molecule has 106 valence electrons. The van der Waals surface area contributed by atoms with Gasteiger partial charge in [0, 0.05) is 28.7 Å². The van der Waals surface area contributed by atoms with Crippen LogP contribution in [0.4, 0.5) is 8.78 Å². The lowest BCUT2D eigenvalue weighted by Crippen LogP contribution is -1.92. The Balaban J connectivity index is 2.03. The first-order chi connectivity index (χ1) is 10.1. The Bertz CT molecular complexity index is 855. The van der Waals surface area contributed by atoms with E-state index in [4.69, 9.17) is 11.6 Å². The van der Waals surface area contributed by atoms with Gasteiger partial charge in [0.1, 0.15) is 11.5 Å². The topological polar surface area (TPSA) is 30.7 Å². The van der Waals surface area contributed by atoms with E-state index in [1.54, 1.807) is 6.07 Å². The molecule has 0 atom stereocenters. The lowest BCUT2D eigenvalue weighted by Gasteiger charge is -2.01.